The zero-order chi connectivity index (χ0) is 16.4. The molecule has 0 aromatic carbocycles. The molecule has 1 fully saturated rings. The van der Waals surface area contributed by atoms with Gasteiger partial charge in [0.1, 0.15) is 0 Å². The number of hydrogen-bond donors (Lipinski definition) is 2. The SMILES string of the molecule is NCCCCN1CCN(CC(=O)O)CCN(CC(=O)I)CC1. The highest BCUT2D eigenvalue weighted by Gasteiger charge is 2.18. The summed E-state index contributed by atoms with van der Waals surface area (Å²) in [6.07, 6.45) is 2.06. The van der Waals surface area contributed by atoms with Gasteiger partial charge in [-0.1, -0.05) is 0 Å². The van der Waals surface area contributed by atoms with E-state index >= 15 is 0 Å². The van der Waals surface area contributed by atoms with Crippen LogP contribution >= 0.6 is 22.6 Å². The lowest BCUT2D eigenvalue weighted by Gasteiger charge is -2.25. The monoisotopic (exact) mass is 426 g/mol. The third-order valence-electron chi connectivity index (χ3n) is 3.83. The smallest absolute Gasteiger partial charge is 0.317 e. The molecule has 7 nitrogen and oxygen atoms in total. The maximum absolute atomic E-state index is 11.4. The van der Waals surface area contributed by atoms with Crippen LogP contribution in [0.5, 0.6) is 0 Å². The van der Waals surface area contributed by atoms with Crippen molar-refractivity contribution in [2.75, 3.05) is 65.4 Å². The van der Waals surface area contributed by atoms with Gasteiger partial charge in [-0.2, -0.15) is 0 Å². The van der Waals surface area contributed by atoms with Crippen LogP contribution in [0.4, 0.5) is 0 Å². The molecule has 0 atom stereocenters. The predicted octanol–water partition coefficient (Wildman–Crippen LogP) is -0.309. The Kier molecular flexibility index (Phi) is 10.1. The van der Waals surface area contributed by atoms with Crippen molar-refractivity contribution < 1.29 is 14.7 Å². The summed E-state index contributed by atoms with van der Waals surface area (Å²) in [7, 11) is 0. The minimum atomic E-state index is -0.801. The van der Waals surface area contributed by atoms with Gasteiger partial charge in [-0.25, -0.2) is 0 Å². The maximum Gasteiger partial charge on any atom is 0.317 e. The van der Waals surface area contributed by atoms with Crippen LogP contribution in [0.25, 0.3) is 0 Å². The number of nitrogens with zero attached hydrogens (tertiary/aromatic N) is 3. The average Bonchev–Trinajstić information content (AvgIpc) is 2.52. The first-order chi connectivity index (χ1) is 10.5. The Labute approximate surface area is 145 Å². The molecule has 0 bridgehead atoms. The minimum absolute atomic E-state index is 0.0582. The first kappa shape index (κ1) is 19.8. The Bertz CT molecular complexity index is 329. The third kappa shape index (κ3) is 8.99. The van der Waals surface area contributed by atoms with Crippen molar-refractivity contribution in [2.24, 2.45) is 5.73 Å². The molecular weight excluding hydrogens is 399 g/mol. The van der Waals surface area contributed by atoms with Gasteiger partial charge in [0.2, 0.25) is 3.79 Å². The molecule has 0 unspecified atom stereocenters. The van der Waals surface area contributed by atoms with Crippen molar-refractivity contribution in [3.8, 4) is 0 Å². The van der Waals surface area contributed by atoms with E-state index in [1.807, 2.05) is 27.5 Å². The van der Waals surface area contributed by atoms with Gasteiger partial charge in [0, 0.05) is 61.9 Å². The lowest BCUT2D eigenvalue weighted by Crippen LogP contribution is -2.39. The van der Waals surface area contributed by atoms with E-state index in [9.17, 15) is 9.59 Å². The summed E-state index contributed by atoms with van der Waals surface area (Å²) in [6.45, 7) is 6.96. The third-order valence-corrected chi connectivity index (χ3v) is 4.17. The maximum atomic E-state index is 11.4. The molecule has 1 aliphatic rings. The van der Waals surface area contributed by atoms with Crippen molar-refractivity contribution >= 4 is 32.4 Å². The summed E-state index contributed by atoms with van der Waals surface area (Å²) in [5.41, 5.74) is 5.54. The number of unbranched alkanes of at least 4 members (excludes halogenated alkanes) is 1. The number of carbonyl (C=O) groups is 2. The number of aliphatic carboxylic acids is 1. The van der Waals surface area contributed by atoms with Crippen LogP contribution in [0.15, 0.2) is 0 Å². The van der Waals surface area contributed by atoms with Crippen molar-refractivity contribution in [1.82, 2.24) is 14.7 Å². The fourth-order valence-corrected chi connectivity index (χ4v) is 3.05. The second-order valence-corrected chi connectivity index (χ2v) is 6.84. The summed E-state index contributed by atoms with van der Waals surface area (Å²) >= 11 is 1.82. The highest BCUT2D eigenvalue weighted by atomic mass is 127. The molecule has 8 heteroatoms. The highest BCUT2D eigenvalue weighted by Crippen LogP contribution is 2.03. The van der Waals surface area contributed by atoms with Gasteiger partial charge in [0.05, 0.1) is 13.1 Å². The highest BCUT2D eigenvalue weighted by molar-refractivity contribution is 14.1. The largest absolute Gasteiger partial charge is 0.480 e. The quantitative estimate of drug-likeness (QED) is 0.313. The first-order valence-electron chi connectivity index (χ1n) is 7.78. The van der Waals surface area contributed by atoms with Crippen molar-refractivity contribution in [3.05, 3.63) is 0 Å². The molecular formula is C14H27IN4O3. The molecule has 0 aliphatic carbocycles. The lowest BCUT2D eigenvalue weighted by atomic mass is 10.3. The van der Waals surface area contributed by atoms with Crippen LogP contribution in [0.3, 0.4) is 0 Å². The summed E-state index contributed by atoms with van der Waals surface area (Å²) in [4.78, 5) is 28.7. The van der Waals surface area contributed by atoms with E-state index in [1.54, 1.807) is 0 Å². The van der Waals surface area contributed by atoms with E-state index in [0.717, 1.165) is 52.1 Å². The fraction of sp³-hybridized carbons (Fsp3) is 0.857. The standard InChI is InChI=1S/C14H27IN4O3/c15-13(20)11-18-7-5-17(4-2-1-3-16)6-8-19(10-9-18)12-14(21)22/h1-12,16H2,(H,21,22). The summed E-state index contributed by atoms with van der Waals surface area (Å²) < 4.78 is 0.122. The Balaban J connectivity index is 2.59. The molecule has 0 spiro atoms. The van der Waals surface area contributed by atoms with Crippen LogP contribution in [0.1, 0.15) is 12.8 Å². The molecule has 0 amide bonds. The molecule has 1 rings (SSSR count). The zero-order valence-electron chi connectivity index (χ0n) is 13.0. The Morgan fingerprint density at radius 1 is 0.909 bits per heavy atom. The number of carboxylic acids is 1. The van der Waals surface area contributed by atoms with E-state index in [4.69, 9.17) is 10.8 Å². The second-order valence-electron chi connectivity index (χ2n) is 5.64. The number of hydrogen-bond acceptors (Lipinski definition) is 6. The van der Waals surface area contributed by atoms with Gasteiger partial charge in [0.25, 0.3) is 0 Å². The van der Waals surface area contributed by atoms with Gasteiger partial charge >= 0.3 is 5.97 Å². The van der Waals surface area contributed by atoms with Gasteiger partial charge < -0.3 is 15.7 Å². The number of halogens is 1. The van der Waals surface area contributed by atoms with Gasteiger partial charge in [-0.15, -0.1) is 0 Å². The average molecular weight is 426 g/mol. The first-order valence-corrected chi connectivity index (χ1v) is 8.86. The molecule has 0 saturated carbocycles. The molecule has 0 aromatic rings. The molecule has 22 heavy (non-hydrogen) atoms. The summed E-state index contributed by atoms with van der Waals surface area (Å²) in [5.74, 6) is -0.801. The molecule has 0 aromatic heterocycles. The Morgan fingerprint density at radius 2 is 1.41 bits per heavy atom. The van der Waals surface area contributed by atoms with Crippen LogP contribution < -0.4 is 5.73 Å². The number of carboxylic acid groups (broad SMARTS) is 1. The van der Waals surface area contributed by atoms with Crippen LogP contribution in [0, 0.1) is 0 Å². The summed E-state index contributed by atoms with van der Waals surface area (Å²) in [6, 6.07) is 0. The second kappa shape index (κ2) is 11.3. The van der Waals surface area contributed by atoms with E-state index in [0.29, 0.717) is 19.6 Å². The zero-order valence-corrected chi connectivity index (χ0v) is 15.2. The summed E-state index contributed by atoms with van der Waals surface area (Å²) in [5, 5.41) is 9.01. The number of rotatable bonds is 8. The Hall–Kier alpha value is -0.290. The molecule has 3 N–H and O–H groups in total. The fourth-order valence-electron chi connectivity index (χ4n) is 2.57. The number of carbonyl (C=O) groups excluding carboxylic acids is 1. The molecule has 0 radical (unpaired) electrons. The Morgan fingerprint density at radius 3 is 1.86 bits per heavy atom. The topological polar surface area (TPSA) is 90.1 Å². The molecule has 1 heterocycles. The predicted molar refractivity (Wildman–Crippen MR) is 94.3 cm³/mol. The van der Waals surface area contributed by atoms with Crippen molar-refractivity contribution in [2.45, 2.75) is 12.8 Å². The van der Waals surface area contributed by atoms with Gasteiger partial charge in [0.15, 0.2) is 0 Å². The van der Waals surface area contributed by atoms with E-state index in [1.165, 1.54) is 0 Å². The molecule has 128 valence electrons. The number of nitrogens with two attached hydrogens (primary N) is 1. The lowest BCUT2D eigenvalue weighted by molar-refractivity contribution is -0.138. The van der Waals surface area contributed by atoms with Crippen molar-refractivity contribution in [1.29, 1.82) is 0 Å². The van der Waals surface area contributed by atoms with Crippen molar-refractivity contribution in [3.63, 3.8) is 0 Å². The van der Waals surface area contributed by atoms with E-state index in [-0.39, 0.29) is 10.3 Å². The van der Waals surface area contributed by atoms with E-state index < -0.39 is 5.97 Å². The minimum Gasteiger partial charge on any atom is -0.480 e. The van der Waals surface area contributed by atoms with Gasteiger partial charge in [-0.05, 0) is 25.9 Å². The van der Waals surface area contributed by atoms with Crippen LogP contribution in [-0.2, 0) is 9.59 Å². The van der Waals surface area contributed by atoms with Crippen LogP contribution in [-0.4, -0.2) is 95.0 Å². The normalized spacial score (nSPS) is 19.4. The van der Waals surface area contributed by atoms with Crippen LogP contribution in [0.2, 0.25) is 0 Å². The van der Waals surface area contributed by atoms with E-state index in [2.05, 4.69) is 9.80 Å². The molecule has 1 saturated heterocycles. The van der Waals surface area contributed by atoms with Gasteiger partial charge in [-0.3, -0.25) is 19.4 Å². The molecule has 1 aliphatic heterocycles.